The van der Waals surface area contributed by atoms with Crippen LogP contribution in [0, 0.1) is 0 Å². The number of hydrogen-bond acceptors (Lipinski definition) is 5. The number of aromatic amines is 1. The Morgan fingerprint density at radius 3 is 2.71 bits per heavy atom. The molecule has 0 unspecified atom stereocenters. The minimum atomic E-state index is -2.75. The lowest BCUT2D eigenvalue weighted by atomic mass is 10.1. The summed E-state index contributed by atoms with van der Waals surface area (Å²) in [5.74, 6) is 0.134. The Morgan fingerprint density at radius 2 is 1.94 bits per heavy atom. The number of ether oxygens (including phenoxy) is 1. The van der Waals surface area contributed by atoms with Crippen LogP contribution in [0.3, 0.4) is 0 Å². The number of carbonyl (C=O) groups is 1. The van der Waals surface area contributed by atoms with Crippen LogP contribution < -0.4 is 10.1 Å². The lowest BCUT2D eigenvalue weighted by Crippen LogP contribution is -2.21. The Bertz CT molecular complexity index is 1330. The fraction of sp³-hybridized carbons (Fsp3) is 0.167. The number of rotatable bonds is 8. The Hall–Kier alpha value is -3.53. The zero-order valence-corrected chi connectivity index (χ0v) is 18.4. The molecule has 0 fully saturated rings. The van der Waals surface area contributed by atoms with Crippen LogP contribution in [0.4, 0.5) is 14.5 Å². The van der Waals surface area contributed by atoms with Gasteiger partial charge in [0.2, 0.25) is 0 Å². The van der Waals surface area contributed by atoms with Gasteiger partial charge < -0.3 is 25.3 Å². The summed E-state index contributed by atoms with van der Waals surface area (Å²) >= 11 is 5.88. The summed E-state index contributed by atoms with van der Waals surface area (Å²) in [4.78, 5) is 20.4. The summed E-state index contributed by atoms with van der Waals surface area (Å²) in [6, 6.07) is 15.6. The summed E-state index contributed by atoms with van der Waals surface area (Å²) in [5.41, 5.74) is 1.44. The number of benzene rings is 3. The largest absolute Gasteiger partial charge is 0.491 e. The average Bonchev–Trinajstić information content (AvgIpc) is 3.26. The molecule has 4 aromatic rings. The van der Waals surface area contributed by atoms with E-state index >= 15 is 0 Å². The standard InChI is InChI=1S/C24H20ClF2N3O4/c25-13-7-8-17(19(9-13)22(26)27)23-29-20-6-2-5-18(21(20)30-23)24(33)28-14-3-1-4-16(10-14)34-12-15(32)11-31/h1-10,15,22,31-32H,11-12H2,(H,28,33)(H,29,30)/t15-/m1/s1. The van der Waals surface area contributed by atoms with Crippen molar-refractivity contribution in [2.45, 2.75) is 12.5 Å². The van der Waals surface area contributed by atoms with Gasteiger partial charge in [0.1, 0.15) is 29.8 Å². The number of para-hydroxylation sites is 1. The molecule has 0 spiro atoms. The molecule has 0 aliphatic carbocycles. The number of halogens is 3. The topological polar surface area (TPSA) is 107 Å². The first-order valence-corrected chi connectivity index (χ1v) is 10.6. The number of alkyl halides is 2. The number of imidazole rings is 1. The van der Waals surface area contributed by atoms with Crippen molar-refractivity contribution in [2.24, 2.45) is 0 Å². The molecule has 4 rings (SSSR count). The van der Waals surface area contributed by atoms with Gasteiger partial charge in [-0.2, -0.15) is 0 Å². The maximum atomic E-state index is 13.5. The van der Waals surface area contributed by atoms with Crippen LogP contribution in [0.25, 0.3) is 22.4 Å². The number of anilines is 1. The maximum absolute atomic E-state index is 13.5. The molecule has 1 atom stereocenters. The van der Waals surface area contributed by atoms with Gasteiger partial charge in [-0.05, 0) is 42.5 Å². The number of amides is 1. The van der Waals surface area contributed by atoms with Crippen molar-refractivity contribution in [3.8, 4) is 17.1 Å². The predicted octanol–water partition coefficient (Wildman–Crippen LogP) is 4.81. The van der Waals surface area contributed by atoms with E-state index in [-0.39, 0.29) is 34.1 Å². The molecule has 0 saturated heterocycles. The Labute approximate surface area is 198 Å². The molecule has 0 aliphatic rings. The van der Waals surface area contributed by atoms with Gasteiger partial charge in [0.15, 0.2) is 0 Å². The van der Waals surface area contributed by atoms with Gasteiger partial charge in [-0.3, -0.25) is 4.79 Å². The van der Waals surface area contributed by atoms with Crippen molar-refractivity contribution >= 4 is 34.2 Å². The number of H-pyrrole nitrogens is 1. The molecular weight excluding hydrogens is 468 g/mol. The van der Waals surface area contributed by atoms with Crippen LogP contribution in [0.5, 0.6) is 5.75 Å². The van der Waals surface area contributed by atoms with E-state index in [1.54, 1.807) is 42.5 Å². The second kappa shape index (κ2) is 10.2. The van der Waals surface area contributed by atoms with Gasteiger partial charge in [0.05, 0.1) is 17.7 Å². The molecule has 1 heterocycles. The average molecular weight is 488 g/mol. The Morgan fingerprint density at radius 1 is 1.15 bits per heavy atom. The lowest BCUT2D eigenvalue weighted by molar-refractivity contribution is 0.0536. The fourth-order valence-electron chi connectivity index (χ4n) is 3.38. The van der Waals surface area contributed by atoms with Gasteiger partial charge in [0.25, 0.3) is 12.3 Å². The lowest BCUT2D eigenvalue weighted by Gasteiger charge is -2.11. The summed E-state index contributed by atoms with van der Waals surface area (Å²) in [5, 5.41) is 21.3. The molecule has 1 amide bonds. The van der Waals surface area contributed by atoms with Gasteiger partial charge in [-0.1, -0.05) is 23.7 Å². The smallest absolute Gasteiger partial charge is 0.264 e. The van der Waals surface area contributed by atoms with Crippen LogP contribution in [-0.4, -0.2) is 45.4 Å². The third kappa shape index (κ3) is 5.17. The van der Waals surface area contributed by atoms with Gasteiger partial charge >= 0.3 is 0 Å². The zero-order valence-electron chi connectivity index (χ0n) is 17.6. The number of aliphatic hydroxyl groups excluding tert-OH is 2. The monoisotopic (exact) mass is 487 g/mol. The number of aliphatic hydroxyl groups is 2. The van der Waals surface area contributed by atoms with E-state index in [1.807, 2.05) is 0 Å². The first-order valence-electron chi connectivity index (χ1n) is 10.3. The highest BCUT2D eigenvalue weighted by molar-refractivity contribution is 6.30. The second-order valence-electron chi connectivity index (χ2n) is 7.45. The van der Waals surface area contributed by atoms with E-state index in [2.05, 4.69) is 15.3 Å². The van der Waals surface area contributed by atoms with Gasteiger partial charge in [-0.15, -0.1) is 0 Å². The number of nitrogens with one attached hydrogen (secondary N) is 2. The van der Waals surface area contributed by atoms with Crippen molar-refractivity contribution in [3.63, 3.8) is 0 Å². The first-order chi connectivity index (χ1) is 16.4. The fourth-order valence-corrected chi connectivity index (χ4v) is 3.56. The molecule has 7 nitrogen and oxygen atoms in total. The molecule has 10 heteroatoms. The van der Waals surface area contributed by atoms with E-state index in [9.17, 15) is 18.7 Å². The highest BCUT2D eigenvalue weighted by Gasteiger charge is 2.20. The minimum absolute atomic E-state index is 0.103. The molecule has 4 N–H and O–H groups in total. The third-order valence-corrected chi connectivity index (χ3v) is 5.24. The van der Waals surface area contributed by atoms with Crippen molar-refractivity contribution in [3.05, 3.63) is 76.8 Å². The summed E-state index contributed by atoms with van der Waals surface area (Å²) in [6.07, 6.45) is -3.77. The molecule has 0 aliphatic heterocycles. The third-order valence-electron chi connectivity index (χ3n) is 5.01. The molecule has 34 heavy (non-hydrogen) atoms. The molecule has 3 aromatic carbocycles. The van der Waals surface area contributed by atoms with Crippen LogP contribution >= 0.6 is 11.6 Å². The number of nitrogens with zero attached hydrogens (tertiary/aromatic N) is 1. The highest BCUT2D eigenvalue weighted by Crippen LogP contribution is 2.33. The van der Waals surface area contributed by atoms with Crippen molar-refractivity contribution < 1.29 is 28.5 Å². The SMILES string of the molecule is O=C(Nc1cccc(OC[C@H](O)CO)c1)c1cccc2[nH]c(-c3ccc(Cl)cc3C(F)F)nc12. The minimum Gasteiger partial charge on any atom is -0.491 e. The van der Waals surface area contributed by atoms with Crippen LogP contribution in [-0.2, 0) is 0 Å². The van der Waals surface area contributed by atoms with Gasteiger partial charge in [0, 0.05) is 27.9 Å². The van der Waals surface area contributed by atoms with Crippen LogP contribution in [0.15, 0.2) is 60.7 Å². The molecule has 1 aromatic heterocycles. The molecule has 0 radical (unpaired) electrons. The van der Waals surface area contributed by atoms with E-state index in [0.717, 1.165) is 0 Å². The number of aromatic nitrogens is 2. The van der Waals surface area contributed by atoms with E-state index in [4.69, 9.17) is 21.4 Å². The zero-order chi connectivity index (χ0) is 24.2. The Kier molecular flexibility index (Phi) is 7.06. The van der Waals surface area contributed by atoms with E-state index in [0.29, 0.717) is 22.5 Å². The predicted molar refractivity (Wildman–Crippen MR) is 124 cm³/mol. The molecular formula is C24H20ClF2N3O4. The second-order valence-corrected chi connectivity index (χ2v) is 7.89. The van der Waals surface area contributed by atoms with Crippen LogP contribution in [0.1, 0.15) is 22.3 Å². The first kappa shape index (κ1) is 23.6. The van der Waals surface area contributed by atoms with Crippen molar-refractivity contribution in [1.82, 2.24) is 9.97 Å². The summed E-state index contributed by atoms with van der Waals surface area (Å²) in [7, 11) is 0. The Balaban J connectivity index is 1.61. The normalized spacial score (nSPS) is 12.2. The number of hydrogen-bond donors (Lipinski definition) is 4. The van der Waals surface area contributed by atoms with Crippen LogP contribution in [0.2, 0.25) is 5.02 Å². The summed E-state index contributed by atoms with van der Waals surface area (Å²) < 4.78 is 32.5. The highest BCUT2D eigenvalue weighted by atomic mass is 35.5. The quantitative estimate of drug-likeness (QED) is 0.285. The maximum Gasteiger partial charge on any atom is 0.264 e. The van der Waals surface area contributed by atoms with E-state index < -0.39 is 25.0 Å². The number of carbonyl (C=O) groups excluding carboxylic acids is 1. The van der Waals surface area contributed by atoms with Gasteiger partial charge in [-0.25, -0.2) is 13.8 Å². The van der Waals surface area contributed by atoms with Crippen molar-refractivity contribution in [2.75, 3.05) is 18.5 Å². The number of fused-ring (bicyclic) bond motifs is 1. The van der Waals surface area contributed by atoms with E-state index in [1.165, 1.54) is 18.2 Å². The van der Waals surface area contributed by atoms with Crippen molar-refractivity contribution in [1.29, 1.82) is 0 Å². The molecule has 0 saturated carbocycles. The molecule has 176 valence electrons. The summed E-state index contributed by atoms with van der Waals surface area (Å²) in [6.45, 7) is -0.532. The molecule has 0 bridgehead atoms.